The molecule has 1 aliphatic carbocycles. The highest BCUT2D eigenvalue weighted by Gasteiger charge is 2.40. The molecule has 0 radical (unpaired) electrons. The van der Waals surface area contributed by atoms with Gasteiger partial charge in [0.2, 0.25) is 0 Å². The van der Waals surface area contributed by atoms with Crippen molar-refractivity contribution >= 4 is 17.1 Å². The Hall–Kier alpha value is -1.75. The Labute approximate surface area is 169 Å². The van der Waals surface area contributed by atoms with E-state index in [9.17, 15) is 0 Å². The molecule has 28 heavy (non-hydrogen) atoms. The first-order valence-corrected chi connectivity index (χ1v) is 10.9. The molecule has 1 aromatic carbocycles. The monoisotopic (exact) mass is 384 g/mol. The average Bonchev–Trinajstić information content (AvgIpc) is 3.04. The van der Waals surface area contributed by atoms with Gasteiger partial charge in [-0.3, -0.25) is 0 Å². The third kappa shape index (κ3) is 4.00. The Morgan fingerprint density at radius 1 is 1.21 bits per heavy atom. The molecule has 0 amide bonds. The number of anilines is 2. The lowest BCUT2D eigenvalue weighted by Crippen LogP contribution is -2.39. The molecule has 2 heterocycles. The number of likely N-dealkylation sites (N-methyl/N-ethyl adjacent to an activating group) is 1. The summed E-state index contributed by atoms with van der Waals surface area (Å²) in [6, 6.07) is 7.70. The van der Waals surface area contributed by atoms with Crippen LogP contribution in [0.1, 0.15) is 51.5 Å². The van der Waals surface area contributed by atoms with Crippen LogP contribution in [0.5, 0.6) is 0 Å². The minimum Gasteiger partial charge on any atom is -0.383 e. The van der Waals surface area contributed by atoms with Gasteiger partial charge >= 0.3 is 0 Å². The Morgan fingerprint density at radius 2 is 2.04 bits per heavy atom. The molecule has 0 spiro atoms. The topological polar surface area (TPSA) is 48.9 Å². The molecule has 5 heteroatoms. The largest absolute Gasteiger partial charge is 0.383 e. The third-order valence-electron chi connectivity index (χ3n) is 7.04. The number of ether oxygens (including phenoxy) is 1. The number of methoxy groups -OCH3 is 1. The fourth-order valence-electron chi connectivity index (χ4n) is 5.00. The van der Waals surface area contributed by atoms with Crippen LogP contribution in [0.15, 0.2) is 23.3 Å². The second-order valence-corrected chi connectivity index (χ2v) is 9.61. The van der Waals surface area contributed by atoms with Gasteiger partial charge in [-0.2, -0.15) is 5.10 Å². The lowest BCUT2D eigenvalue weighted by molar-refractivity contribution is 0.206. The van der Waals surface area contributed by atoms with Crippen molar-refractivity contribution in [2.24, 2.45) is 16.4 Å². The van der Waals surface area contributed by atoms with E-state index in [1.807, 2.05) is 0 Å². The van der Waals surface area contributed by atoms with Crippen molar-refractivity contribution in [1.82, 2.24) is 5.43 Å². The number of aryl methyl sites for hydroxylation is 1. The van der Waals surface area contributed by atoms with Crippen LogP contribution in [0.25, 0.3) is 0 Å². The van der Waals surface area contributed by atoms with E-state index in [1.54, 1.807) is 7.11 Å². The summed E-state index contributed by atoms with van der Waals surface area (Å²) in [7, 11) is 3.88. The SMILES string of the molecule is COCCN(C)c1ccc2c(c1)NC(C1=NNC3CCC(C)(C)CCC13)CC2. The van der Waals surface area contributed by atoms with Crippen LogP contribution in [0.4, 0.5) is 11.4 Å². The molecule has 2 aliphatic heterocycles. The average molecular weight is 385 g/mol. The second kappa shape index (κ2) is 7.94. The summed E-state index contributed by atoms with van der Waals surface area (Å²) in [6.45, 7) is 6.48. The van der Waals surface area contributed by atoms with Crippen molar-refractivity contribution in [2.75, 3.05) is 37.5 Å². The highest BCUT2D eigenvalue weighted by molar-refractivity contribution is 5.96. The van der Waals surface area contributed by atoms with Crippen molar-refractivity contribution in [3.63, 3.8) is 0 Å². The first-order valence-electron chi connectivity index (χ1n) is 10.9. The molecule has 3 aliphatic rings. The van der Waals surface area contributed by atoms with E-state index >= 15 is 0 Å². The maximum atomic E-state index is 5.23. The van der Waals surface area contributed by atoms with E-state index in [0.29, 0.717) is 23.4 Å². The van der Waals surface area contributed by atoms with E-state index in [4.69, 9.17) is 9.84 Å². The molecule has 3 unspecified atom stereocenters. The molecular weight excluding hydrogens is 348 g/mol. The third-order valence-corrected chi connectivity index (χ3v) is 7.04. The van der Waals surface area contributed by atoms with Crippen molar-refractivity contribution in [3.05, 3.63) is 23.8 Å². The molecule has 1 saturated carbocycles. The van der Waals surface area contributed by atoms with Crippen LogP contribution in [0.3, 0.4) is 0 Å². The molecule has 3 atom stereocenters. The summed E-state index contributed by atoms with van der Waals surface area (Å²) in [6.07, 6.45) is 7.35. The van der Waals surface area contributed by atoms with Crippen LogP contribution in [0.2, 0.25) is 0 Å². The first kappa shape index (κ1) is 19.6. The van der Waals surface area contributed by atoms with E-state index < -0.39 is 0 Å². The number of benzene rings is 1. The number of nitrogens with one attached hydrogen (secondary N) is 2. The minimum absolute atomic E-state index is 0.357. The van der Waals surface area contributed by atoms with E-state index in [0.717, 1.165) is 26.0 Å². The van der Waals surface area contributed by atoms with Crippen LogP contribution >= 0.6 is 0 Å². The molecule has 0 bridgehead atoms. The van der Waals surface area contributed by atoms with Gasteiger partial charge in [0.1, 0.15) is 0 Å². The normalized spacial score (nSPS) is 28.3. The Morgan fingerprint density at radius 3 is 2.86 bits per heavy atom. The number of hydrogen-bond donors (Lipinski definition) is 2. The quantitative estimate of drug-likeness (QED) is 0.804. The van der Waals surface area contributed by atoms with E-state index in [1.165, 1.54) is 48.3 Å². The second-order valence-electron chi connectivity index (χ2n) is 9.61. The zero-order chi connectivity index (χ0) is 19.7. The molecule has 1 aromatic rings. The van der Waals surface area contributed by atoms with Crippen molar-refractivity contribution in [3.8, 4) is 0 Å². The van der Waals surface area contributed by atoms with Gasteiger partial charge in [-0.1, -0.05) is 19.9 Å². The standard InChI is InChI=1S/C23H36N4O/c1-23(2)11-9-18-19(10-12-23)25-26-22(18)20-8-6-16-5-7-17(15-21(16)24-20)27(3)13-14-28-4/h5,7,15,18-20,24-25H,6,8-14H2,1-4H3. The molecule has 1 fully saturated rings. The highest BCUT2D eigenvalue weighted by Crippen LogP contribution is 2.40. The number of rotatable bonds is 5. The van der Waals surface area contributed by atoms with Gasteiger partial charge in [-0.15, -0.1) is 0 Å². The van der Waals surface area contributed by atoms with Gasteiger partial charge in [0, 0.05) is 38.0 Å². The van der Waals surface area contributed by atoms with Crippen LogP contribution < -0.4 is 15.6 Å². The molecule has 0 saturated heterocycles. The van der Waals surface area contributed by atoms with Crippen LogP contribution in [-0.2, 0) is 11.2 Å². The zero-order valence-corrected chi connectivity index (χ0v) is 17.9. The number of hydrazone groups is 1. The smallest absolute Gasteiger partial charge is 0.0670 e. The maximum absolute atomic E-state index is 5.23. The van der Waals surface area contributed by atoms with Crippen LogP contribution in [0, 0.1) is 11.3 Å². The zero-order valence-electron chi connectivity index (χ0n) is 17.9. The van der Waals surface area contributed by atoms with Gasteiger partial charge in [0.05, 0.1) is 24.4 Å². The maximum Gasteiger partial charge on any atom is 0.0670 e. The molecular formula is C23H36N4O. The number of fused-ring (bicyclic) bond motifs is 2. The van der Waals surface area contributed by atoms with Gasteiger partial charge in [-0.25, -0.2) is 0 Å². The van der Waals surface area contributed by atoms with Gasteiger partial charge in [0.25, 0.3) is 0 Å². The molecule has 0 aromatic heterocycles. The van der Waals surface area contributed by atoms with Crippen molar-refractivity contribution in [1.29, 1.82) is 0 Å². The van der Waals surface area contributed by atoms with Crippen LogP contribution in [-0.4, -0.2) is 45.1 Å². The fourth-order valence-corrected chi connectivity index (χ4v) is 5.00. The summed E-state index contributed by atoms with van der Waals surface area (Å²) >= 11 is 0. The van der Waals surface area contributed by atoms with Gasteiger partial charge < -0.3 is 20.4 Å². The van der Waals surface area contributed by atoms with Crippen molar-refractivity contribution in [2.45, 2.75) is 64.5 Å². The minimum atomic E-state index is 0.357. The summed E-state index contributed by atoms with van der Waals surface area (Å²) in [5.41, 5.74) is 9.25. The summed E-state index contributed by atoms with van der Waals surface area (Å²) in [5.74, 6) is 0.591. The number of nitrogens with zero attached hydrogens (tertiary/aromatic N) is 2. The Balaban J connectivity index is 1.47. The summed E-state index contributed by atoms with van der Waals surface area (Å²) in [4.78, 5) is 2.26. The lowest BCUT2D eigenvalue weighted by Gasteiger charge is -2.31. The molecule has 5 nitrogen and oxygen atoms in total. The Kier molecular flexibility index (Phi) is 5.55. The predicted molar refractivity (Wildman–Crippen MR) is 117 cm³/mol. The molecule has 154 valence electrons. The van der Waals surface area contributed by atoms with Gasteiger partial charge in [0.15, 0.2) is 0 Å². The summed E-state index contributed by atoms with van der Waals surface area (Å²) < 4.78 is 5.23. The molecule has 2 N–H and O–H groups in total. The van der Waals surface area contributed by atoms with Crippen molar-refractivity contribution < 1.29 is 4.74 Å². The Bertz CT molecular complexity index is 729. The fraction of sp³-hybridized carbons (Fsp3) is 0.696. The first-order chi connectivity index (χ1) is 13.5. The summed E-state index contributed by atoms with van der Waals surface area (Å²) in [5, 5.41) is 8.68. The van der Waals surface area contributed by atoms with E-state index in [-0.39, 0.29) is 0 Å². The highest BCUT2D eigenvalue weighted by atomic mass is 16.5. The van der Waals surface area contributed by atoms with Gasteiger partial charge in [-0.05, 0) is 61.6 Å². The van der Waals surface area contributed by atoms with E-state index in [2.05, 4.69) is 54.7 Å². The lowest BCUT2D eigenvalue weighted by atomic mass is 9.82. The predicted octanol–water partition coefficient (Wildman–Crippen LogP) is 4.04. The number of hydrogen-bond acceptors (Lipinski definition) is 5. The molecule has 4 rings (SSSR count).